The minimum Gasteiger partial charge on any atom is -0.353 e. The number of aromatic nitrogens is 3. The van der Waals surface area contributed by atoms with E-state index in [0.717, 1.165) is 11.4 Å². The second-order valence-electron chi connectivity index (χ2n) is 8.31. The number of carbonyl (C=O) groups is 1. The van der Waals surface area contributed by atoms with Crippen LogP contribution in [0.4, 0.5) is 5.82 Å². The molecule has 5 rings (SSSR count). The lowest BCUT2D eigenvalue weighted by Crippen LogP contribution is -2.51. The first-order valence-electron chi connectivity index (χ1n) is 11.3. The van der Waals surface area contributed by atoms with Crippen LogP contribution in [-0.2, 0) is 17.9 Å². The van der Waals surface area contributed by atoms with Crippen LogP contribution in [0.5, 0.6) is 0 Å². The first-order chi connectivity index (χ1) is 16.6. The van der Waals surface area contributed by atoms with Crippen molar-refractivity contribution >= 4 is 22.8 Å². The molecule has 1 aliphatic rings. The van der Waals surface area contributed by atoms with E-state index in [9.17, 15) is 14.4 Å². The third-order valence-electron chi connectivity index (χ3n) is 6.22. The Balaban J connectivity index is 1.40. The van der Waals surface area contributed by atoms with Crippen molar-refractivity contribution in [3.8, 4) is 0 Å². The van der Waals surface area contributed by atoms with Gasteiger partial charge in [0.25, 0.3) is 0 Å². The molecule has 0 N–H and O–H groups in total. The number of anilines is 1. The molecule has 2 aromatic heterocycles. The molecule has 8 nitrogen and oxygen atoms in total. The van der Waals surface area contributed by atoms with E-state index in [1.165, 1.54) is 9.13 Å². The van der Waals surface area contributed by atoms with Gasteiger partial charge in [-0.15, -0.1) is 0 Å². The van der Waals surface area contributed by atoms with E-state index >= 15 is 0 Å². The number of nitrogens with zero attached hydrogens (tertiary/aromatic N) is 5. The summed E-state index contributed by atoms with van der Waals surface area (Å²) in [6.45, 7) is 2.53. The fourth-order valence-corrected chi connectivity index (χ4v) is 4.41. The Morgan fingerprint density at radius 3 is 2.03 bits per heavy atom. The summed E-state index contributed by atoms with van der Waals surface area (Å²) < 4.78 is 2.80. The van der Waals surface area contributed by atoms with Gasteiger partial charge in [-0.2, -0.15) is 0 Å². The molecule has 0 unspecified atom stereocenters. The predicted octanol–water partition coefficient (Wildman–Crippen LogP) is 1.96. The van der Waals surface area contributed by atoms with Crippen molar-refractivity contribution in [3.05, 3.63) is 105 Å². The van der Waals surface area contributed by atoms with Gasteiger partial charge in [0, 0.05) is 32.4 Å². The van der Waals surface area contributed by atoms with Gasteiger partial charge >= 0.3 is 11.1 Å². The molecule has 1 saturated heterocycles. The fourth-order valence-electron chi connectivity index (χ4n) is 4.41. The molecule has 2 aromatic carbocycles. The van der Waals surface area contributed by atoms with Crippen LogP contribution in [-0.4, -0.2) is 51.1 Å². The number of piperazine rings is 1. The summed E-state index contributed by atoms with van der Waals surface area (Å²) in [6.07, 6.45) is 1.75. The molecule has 0 atom stereocenters. The van der Waals surface area contributed by atoms with E-state index in [1.807, 2.05) is 66.7 Å². The van der Waals surface area contributed by atoms with E-state index in [4.69, 9.17) is 0 Å². The minimum atomic E-state index is -0.685. The number of carbonyl (C=O) groups excluding carboxylic acids is 1. The van der Waals surface area contributed by atoms with Gasteiger partial charge in [0.05, 0.1) is 17.6 Å². The Morgan fingerprint density at radius 1 is 0.735 bits per heavy atom. The van der Waals surface area contributed by atoms with Crippen LogP contribution in [0.15, 0.2) is 88.6 Å². The summed E-state index contributed by atoms with van der Waals surface area (Å²) >= 11 is 0. The number of benzene rings is 2. The molecule has 0 spiro atoms. The second kappa shape index (κ2) is 9.35. The molecule has 0 aliphatic carbocycles. The first-order valence-corrected chi connectivity index (χ1v) is 11.3. The summed E-state index contributed by atoms with van der Waals surface area (Å²) in [6, 6.07) is 22.5. The van der Waals surface area contributed by atoms with Gasteiger partial charge < -0.3 is 9.80 Å². The lowest BCUT2D eigenvalue weighted by molar-refractivity contribution is -0.132. The highest BCUT2D eigenvalue weighted by Crippen LogP contribution is 2.15. The number of rotatable bonds is 5. The highest BCUT2D eigenvalue weighted by Gasteiger charge is 2.23. The molecule has 4 aromatic rings. The van der Waals surface area contributed by atoms with Crippen LogP contribution < -0.4 is 16.0 Å². The average molecular weight is 456 g/mol. The van der Waals surface area contributed by atoms with Crippen LogP contribution in [0.1, 0.15) is 5.56 Å². The molecule has 1 amide bonds. The topological polar surface area (TPSA) is 80.4 Å². The van der Waals surface area contributed by atoms with Crippen LogP contribution >= 0.6 is 0 Å². The van der Waals surface area contributed by atoms with E-state index < -0.39 is 11.1 Å². The van der Waals surface area contributed by atoms with Crippen molar-refractivity contribution in [2.45, 2.75) is 13.1 Å². The SMILES string of the molecule is O=C(Cn1c(=O)c(=O)n(Cc2ccccc2)c2ccccc21)N1CCN(c2ccccn2)CC1. The minimum absolute atomic E-state index is 0.162. The zero-order chi connectivity index (χ0) is 23.5. The van der Waals surface area contributed by atoms with Crippen molar-refractivity contribution < 1.29 is 4.79 Å². The molecular weight excluding hydrogens is 430 g/mol. The highest BCUT2D eigenvalue weighted by atomic mass is 16.2. The van der Waals surface area contributed by atoms with Crippen molar-refractivity contribution in [1.29, 1.82) is 0 Å². The molecule has 1 aliphatic heterocycles. The van der Waals surface area contributed by atoms with Crippen LogP contribution in [0.3, 0.4) is 0 Å². The number of amides is 1. The van der Waals surface area contributed by atoms with Gasteiger partial charge in [-0.3, -0.25) is 23.5 Å². The molecule has 8 heteroatoms. The Morgan fingerprint density at radius 2 is 1.35 bits per heavy atom. The van der Waals surface area contributed by atoms with Crippen LogP contribution in [0, 0.1) is 0 Å². The Kier molecular flexibility index (Phi) is 5.95. The van der Waals surface area contributed by atoms with Crippen molar-refractivity contribution in [3.63, 3.8) is 0 Å². The van der Waals surface area contributed by atoms with Crippen molar-refractivity contribution in [2.75, 3.05) is 31.1 Å². The average Bonchev–Trinajstić information content (AvgIpc) is 2.90. The lowest BCUT2D eigenvalue weighted by Gasteiger charge is -2.35. The number of pyridine rings is 1. The van der Waals surface area contributed by atoms with E-state index in [-0.39, 0.29) is 12.5 Å². The molecule has 3 heterocycles. The van der Waals surface area contributed by atoms with E-state index in [2.05, 4.69) is 9.88 Å². The molecule has 1 fully saturated rings. The number of hydrogen-bond donors (Lipinski definition) is 0. The number of hydrogen-bond acceptors (Lipinski definition) is 5. The Bertz CT molecular complexity index is 1420. The van der Waals surface area contributed by atoms with Crippen molar-refractivity contribution in [2.24, 2.45) is 0 Å². The number of fused-ring (bicyclic) bond motifs is 1. The molecule has 0 saturated carbocycles. The smallest absolute Gasteiger partial charge is 0.317 e. The summed E-state index contributed by atoms with van der Waals surface area (Å²) in [7, 11) is 0. The highest BCUT2D eigenvalue weighted by molar-refractivity contribution is 5.80. The van der Waals surface area contributed by atoms with Gasteiger partial charge in [0.1, 0.15) is 12.4 Å². The summed E-state index contributed by atoms with van der Waals surface area (Å²) in [5, 5.41) is 0. The standard InChI is InChI=1S/C26H25N5O3/c32-24(29-16-14-28(15-17-29)23-12-6-7-13-27-23)19-31-22-11-5-4-10-21(22)30(25(33)26(31)34)18-20-8-2-1-3-9-20/h1-13H,14-19H2. The maximum absolute atomic E-state index is 13.1. The van der Waals surface area contributed by atoms with Gasteiger partial charge in [-0.1, -0.05) is 48.5 Å². The number of para-hydroxylation sites is 2. The van der Waals surface area contributed by atoms with E-state index in [1.54, 1.807) is 17.2 Å². The first kappa shape index (κ1) is 21.6. The van der Waals surface area contributed by atoms with Gasteiger partial charge in [-0.25, -0.2) is 4.98 Å². The summed E-state index contributed by atoms with van der Waals surface area (Å²) in [5.74, 6) is 0.715. The maximum Gasteiger partial charge on any atom is 0.317 e. The summed E-state index contributed by atoms with van der Waals surface area (Å²) in [4.78, 5) is 47.5. The van der Waals surface area contributed by atoms with Gasteiger partial charge in [0.2, 0.25) is 5.91 Å². The maximum atomic E-state index is 13.1. The second-order valence-corrected chi connectivity index (χ2v) is 8.31. The van der Waals surface area contributed by atoms with E-state index in [0.29, 0.717) is 43.8 Å². The molecular formula is C26H25N5O3. The zero-order valence-electron chi connectivity index (χ0n) is 18.7. The molecule has 0 radical (unpaired) electrons. The quantitative estimate of drug-likeness (QED) is 0.430. The monoisotopic (exact) mass is 455 g/mol. The fraction of sp³-hybridized carbons (Fsp3) is 0.231. The molecule has 34 heavy (non-hydrogen) atoms. The van der Waals surface area contributed by atoms with Gasteiger partial charge in [0.15, 0.2) is 0 Å². The zero-order valence-corrected chi connectivity index (χ0v) is 18.7. The molecule has 172 valence electrons. The Hall–Kier alpha value is -4.20. The van der Waals surface area contributed by atoms with Crippen LogP contribution in [0.25, 0.3) is 11.0 Å². The normalized spacial score (nSPS) is 13.9. The predicted molar refractivity (Wildman–Crippen MR) is 131 cm³/mol. The lowest BCUT2D eigenvalue weighted by atomic mass is 10.2. The third kappa shape index (κ3) is 4.22. The van der Waals surface area contributed by atoms with Gasteiger partial charge in [-0.05, 0) is 29.8 Å². The van der Waals surface area contributed by atoms with Crippen LogP contribution in [0.2, 0.25) is 0 Å². The Labute approximate surface area is 196 Å². The summed E-state index contributed by atoms with van der Waals surface area (Å²) in [5.41, 5.74) is 0.811. The largest absolute Gasteiger partial charge is 0.353 e. The van der Waals surface area contributed by atoms with Crippen molar-refractivity contribution in [1.82, 2.24) is 19.0 Å². The third-order valence-corrected chi connectivity index (χ3v) is 6.22. The molecule has 0 bridgehead atoms.